The van der Waals surface area contributed by atoms with Crippen LogP contribution in [0.1, 0.15) is 18.4 Å². The van der Waals surface area contributed by atoms with Gasteiger partial charge in [-0.25, -0.2) is 0 Å². The van der Waals surface area contributed by atoms with Crippen LogP contribution in [-0.4, -0.2) is 24.3 Å². The highest BCUT2D eigenvalue weighted by Gasteiger charge is 2.35. The van der Waals surface area contributed by atoms with Crippen LogP contribution in [0.2, 0.25) is 0 Å². The molecule has 0 aliphatic carbocycles. The molecule has 3 nitrogen and oxygen atoms in total. The van der Waals surface area contributed by atoms with Gasteiger partial charge in [-0.05, 0) is 24.5 Å². The van der Waals surface area contributed by atoms with Crippen LogP contribution in [0, 0.1) is 6.07 Å². The van der Waals surface area contributed by atoms with Crippen molar-refractivity contribution in [1.29, 1.82) is 0 Å². The van der Waals surface area contributed by atoms with Crippen molar-refractivity contribution < 1.29 is 4.79 Å². The maximum Gasteiger partial charge on any atom is 0.159 e. The van der Waals surface area contributed by atoms with Crippen LogP contribution < -0.4 is 5.73 Å². The van der Waals surface area contributed by atoms with Gasteiger partial charge in [0.05, 0.1) is 0 Å². The van der Waals surface area contributed by atoms with Crippen LogP contribution >= 0.6 is 0 Å². The van der Waals surface area contributed by atoms with Gasteiger partial charge in [0, 0.05) is 13.1 Å². The number of hydrogen-bond acceptors (Lipinski definition) is 3. The SMILES string of the molecule is NC(C=O)(c1cc[c]cc1)N1CCCC1. The first-order valence-electron chi connectivity index (χ1n) is 5.24. The molecule has 0 aromatic heterocycles. The van der Waals surface area contributed by atoms with Gasteiger partial charge in [-0.15, -0.1) is 0 Å². The largest absolute Gasteiger partial charge is 0.303 e. The van der Waals surface area contributed by atoms with Crippen molar-refractivity contribution in [3.8, 4) is 0 Å². The Kier molecular flexibility index (Phi) is 2.84. The number of hydrogen-bond donors (Lipinski definition) is 1. The second-order valence-electron chi connectivity index (χ2n) is 3.93. The second kappa shape index (κ2) is 4.13. The minimum Gasteiger partial charge on any atom is -0.303 e. The van der Waals surface area contributed by atoms with Gasteiger partial charge < -0.3 is 5.73 Å². The van der Waals surface area contributed by atoms with Crippen molar-refractivity contribution in [2.24, 2.45) is 5.73 Å². The zero-order valence-corrected chi connectivity index (χ0v) is 8.65. The lowest BCUT2D eigenvalue weighted by atomic mass is 10.0. The Balaban J connectivity index is 2.32. The Hall–Kier alpha value is -1.19. The third kappa shape index (κ3) is 1.80. The number of benzene rings is 1. The Morgan fingerprint density at radius 1 is 1.33 bits per heavy atom. The summed E-state index contributed by atoms with van der Waals surface area (Å²) in [5, 5.41) is 0. The summed E-state index contributed by atoms with van der Waals surface area (Å²) in [6.07, 6.45) is 3.07. The predicted octanol–water partition coefficient (Wildman–Crippen LogP) is 0.893. The molecule has 1 aromatic rings. The molecular formula is C12H15N2O. The Bertz CT molecular complexity index is 333. The van der Waals surface area contributed by atoms with E-state index in [9.17, 15) is 4.79 Å². The van der Waals surface area contributed by atoms with E-state index in [1.165, 1.54) is 0 Å². The fourth-order valence-corrected chi connectivity index (χ4v) is 2.07. The summed E-state index contributed by atoms with van der Waals surface area (Å²) in [5.74, 6) is 0. The third-order valence-electron chi connectivity index (χ3n) is 2.99. The fourth-order valence-electron chi connectivity index (χ4n) is 2.07. The first-order valence-corrected chi connectivity index (χ1v) is 5.24. The van der Waals surface area contributed by atoms with E-state index in [0.29, 0.717) is 0 Å². The van der Waals surface area contributed by atoms with E-state index in [-0.39, 0.29) is 0 Å². The maximum atomic E-state index is 11.2. The van der Waals surface area contributed by atoms with Gasteiger partial charge in [-0.1, -0.05) is 24.3 Å². The topological polar surface area (TPSA) is 46.3 Å². The molecule has 2 rings (SSSR count). The molecule has 1 unspecified atom stereocenters. The van der Waals surface area contributed by atoms with E-state index in [4.69, 9.17) is 5.73 Å². The molecule has 1 aromatic carbocycles. The van der Waals surface area contributed by atoms with Crippen LogP contribution in [0.3, 0.4) is 0 Å². The lowest BCUT2D eigenvalue weighted by Crippen LogP contribution is -2.53. The van der Waals surface area contributed by atoms with Crippen LogP contribution in [0.15, 0.2) is 24.3 Å². The normalized spacial score (nSPS) is 21.1. The number of aldehydes is 1. The zero-order valence-electron chi connectivity index (χ0n) is 8.65. The minimum atomic E-state index is -0.953. The zero-order chi connectivity index (χ0) is 10.7. The lowest BCUT2D eigenvalue weighted by molar-refractivity contribution is -0.118. The predicted molar refractivity (Wildman–Crippen MR) is 58.0 cm³/mol. The van der Waals surface area contributed by atoms with Gasteiger partial charge in [-0.2, -0.15) is 0 Å². The van der Waals surface area contributed by atoms with Crippen LogP contribution in [0.25, 0.3) is 0 Å². The van der Waals surface area contributed by atoms with Gasteiger partial charge in [0.2, 0.25) is 0 Å². The third-order valence-corrected chi connectivity index (χ3v) is 2.99. The molecule has 1 atom stereocenters. The molecule has 0 saturated carbocycles. The van der Waals surface area contributed by atoms with E-state index in [1.807, 2.05) is 17.0 Å². The van der Waals surface area contributed by atoms with E-state index in [1.54, 1.807) is 12.1 Å². The van der Waals surface area contributed by atoms with E-state index in [2.05, 4.69) is 6.07 Å². The Morgan fingerprint density at radius 2 is 1.93 bits per heavy atom. The van der Waals surface area contributed by atoms with E-state index < -0.39 is 5.66 Å². The van der Waals surface area contributed by atoms with E-state index >= 15 is 0 Å². The smallest absolute Gasteiger partial charge is 0.159 e. The maximum absolute atomic E-state index is 11.2. The molecular weight excluding hydrogens is 188 g/mol. The number of nitrogens with two attached hydrogens (primary N) is 1. The van der Waals surface area contributed by atoms with Crippen molar-refractivity contribution >= 4 is 6.29 Å². The molecule has 1 heterocycles. The molecule has 0 amide bonds. The minimum absolute atomic E-state index is 0.841. The molecule has 1 fully saturated rings. The molecule has 1 aliphatic heterocycles. The lowest BCUT2D eigenvalue weighted by Gasteiger charge is -2.33. The van der Waals surface area contributed by atoms with Crippen molar-refractivity contribution in [3.63, 3.8) is 0 Å². The monoisotopic (exact) mass is 203 g/mol. The number of nitrogens with zero attached hydrogens (tertiary/aromatic N) is 1. The number of carbonyl (C=O) groups excluding carboxylic acids is 1. The van der Waals surface area contributed by atoms with Crippen LogP contribution in [0.5, 0.6) is 0 Å². The highest BCUT2D eigenvalue weighted by Crippen LogP contribution is 2.24. The van der Waals surface area contributed by atoms with Gasteiger partial charge >= 0.3 is 0 Å². The van der Waals surface area contributed by atoms with Crippen molar-refractivity contribution in [2.75, 3.05) is 13.1 Å². The molecule has 2 N–H and O–H groups in total. The summed E-state index contributed by atoms with van der Waals surface area (Å²) in [5.41, 5.74) is 6.06. The van der Waals surface area contributed by atoms with Crippen molar-refractivity contribution in [1.82, 2.24) is 4.90 Å². The quantitative estimate of drug-likeness (QED) is 0.742. The fraction of sp³-hybridized carbons (Fsp3) is 0.417. The molecule has 79 valence electrons. The summed E-state index contributed by atoms with van der Waals surface area (Å²) in [4.78, 5) is 13.3. The first-order chi connectivity index (χ1) is 7.27. The van der Waals surface area contributed by atoms with Crippen LogP contribution in [-0.2, 0) is 10.5 Å². The van der Waals surface area contributed by atoms with Gasteiger partial charge in [0.25, 0.3) is 0 Å². The molecule has 1 radical (unpaired) electrons. The standard InChI is InChI=1S/C12H15N2O/c13-12(10-15,14-8-4-5-9-14)11-6-2-1-3-7-11/h2-3,6-7,10H,4-5,8-9,13H2. The summed E-state index contributed by atoms with van der Waals surface area (Å²) >= 11 is 0. The van der Waals surface area contributed by atoms with Gasteiger partial charge in [0.1, 0.15) is 0 Å². The van der Waals surface area contributed by atoms with E-state index in [0.717, 1.165) is 37.8 Å². The Morgan fingerprint density at radius 3 is 2.47 bits per heavy atom. The highest BCUT2D eigenvalue weighted by atomic mass is 16.1. The summed E-state index contributed by atoms with van der Waals surface area (Å²) < 4.78 is 0. The van der Waals surface area contributed by atoms with Crippen molar-refractivity contribution in [2.45, 2.75) is 18.5 Å². The Labute approximate surface area is 89.9 Å². The molecule has 0 spiro atoms. The van der Waals surface area contributed by atoms with Crippen LogP contribution in [0.4, 0.5) is 0 Å². The average molecular weight is 203 g/mol. The second-order valence-corrected chi connectivity index (χ2v) is 3.93. The number of rotatable bonds is 3. The summed E-state index contributed by atoms with van der Waals surface area (Å²) in [7, 11) is 0. The van der Waals surface area contributed by atoms with Crippen molar-refractivity contribution in [3.05, 3.63) is 35.9 Å². The molecule has 1 saturated heterocycles. The number of likely N-dealkylation sites (tertiary alicyclic amines) is 1. The molecule has 15 heavy (non-hydrogen) atoms. The summed E-state index contributed by atoms with van der Waals surface area (Å²) in [6, 6.07) is 10.2. The van der Waals surface area contributed by atoms with Gasteiger partial charge in [-0.3, -0.25) is 9.69 Å². The molecule has 0 bridgehead atoms. The highest BCUT2D eigenvalue weighted by molar-refractivity contribution is 5.66. The first kappa shape index (κ1) is 10.3. The molecule has 3 heteroatoms. The molecule has 1 aliphatic rings. The summed E-state index contributed by atoms with van der Waals surface area (Å²) in [6.45, 7) is 1.79. The van der Waals surface area contributed by atoms with Gasteiger partial charge in [0.15, 0.2) is 11.9 Å². The number of carbonyl (C=O) groups is 1. The average Bonchev–Trinajstić information content (AvgIpc) is 2.83.